The van der Waals surface area contributed by atoms with Crippen LogP contribution in [0.1, 0.15) is 27.2 Å². The molecule has 0 aliphatic heterocycles. The Labute approximate surface area is 164 Å². The molecule has 3 rings (SSSR count). The summed E-state index contributed by atoms with van der Waals surface area (Å²) in [6.45, 7) is 3.26. The number of aryl methyl sites for hydroxylation is 1. The van der Waals surface area contributed by atoms with Gasteiger partial charge in [0.1, 0.15) is 5.69 Å². The van der Waals surface area contributed by atoms with Gasteiger partial charge in [-0.1, -0.05) is 53.6 Å². The molecule has 1 aromatic heterocycles. The van der Waals surface area contributed by atoms with Crippen LogP contribution in [0, 0.1) is 6.92 Å². The average Bonchev–Trinajstić information content (AvgIpc) is 2.66. The van der Waals surface area contributed by atoms with E-state index in [-0.39, 0.29) is 5.91 Å². The van der Waals surface area contributed by atoms with Crippen molar-refractivity contribution in [3.05, 3.63) is 94.3 Å². The summed E-state index contributed by atoms with van der Waals surface area (Å²) in [5.74, 6) is -0.185. The van der Waals surface area contributed by atoms with Crippen molar-refractivity contribution in [1.29, 1.82) is 0 Å². The first kappa shape index (κ1) is 18.9. The normalized spacial score (nSPS) is 10.4. The fourth-order valence-corrected chi connectivity index (χ4v) is 3.02. The summed E-state index contributed by atoms with van der Waals surface area (Å²) >= 11 is 6.01. The molecule has 0 aliphatic carbocycles. The van der Waals surface area contributed by atoms with E-state index >= 15 is 0 Å². The van der Waals surface area contributed by atoms with E-state index in [1.54, 1.807) is 12.3 Å². The monoisotopic (exact) mass is 379 g/mol. The first-order valence-electron chi connectivity index (χ1n) is 8.88. The van der Waals surface area contributed by atoms with E-state index in [9.17, 15) is 4.79 Å². The Hall–Kier alpha value is -2.85. The first-order valence-corrected chi connectivity index (χ1v) is 9.26. The maximum absolute atomic E-state index is 12.4. The number of carbonyl (C=O) groups excluding carboxylic acids is 1. The Balaban J connectivity index is 1.53. The van der Waals surface area contributed by atoms with Crippen LogP contribution in [0.4, 0.5) is 5.69 Å². The Morgan fingerprint density at radius 1 is 1.04 bits per heavy atom. The van der Waals surface area contributed by atoms with E-state index < -0.39 is 0 Å². The van der Waals surface area contributed by atoms with Gasteiger partial charge in [-0.2, -0.15) is 0 Å². The summed E-state index contributed by atoms with van der Waals surface area (Å²) in [7, 11) is 0. The number of aromatic nitrogens is 1. The second kappa shape index (κ2) is 9.19. The third-order valence-corrected chi connectivity index (χ3v) is 4.40. The summed E-state index contributed by atoms with van der Waals surface area (Å²) in [4.78, 5) is 16.5. The summed E-state index contributed by atoms with van der Waals surface area (Å²) in [5.41, 5.74) is 4.67. The van der Waals surface area contributed by atoms with Gasteiger partial charge in [-0.05, 0) is 48.7 Å². The minimum Gasteiger partial charge on any atom is -0.385 e. The van der Waals surface area contributed by atoms with Gasteiger partial charge in [0, 0.05) is 30.0 Å². The summed E-state index contributed by atoms with van der Waals surface area (Å²) in [6, 6.07) is 19.5. The SMILES string of the molecule is Cc1cccc(CNC(=O)c2cc(NCCc3cccc(Cl)c3)ccn2)c1. The number of halogens is 1. The van der Waals surface area contributed by atoms with Crippen molar-refractivity contribution in [1.82, 2.24) is 10.3 Å². The summed E-state index contributed by atoms with van der Waals surface area (Å²) < 4.78 is 0. The maximum Gasteiger partial charge on any atom is 0.270 e. The summed E-state index contributed by atoms with van der Waals surface area (Å²) in [6.07, 6.45) is 2.49. The fraction of sp³-hybridized carbons (Fsp3) is 0.182. The van der Waals surface area contributed by atoms with Gasteiger partial charge in [0.25, 0.3) is 5.91 Å². The second-order valence-corrected chi connectivity index (χ2v) is 6.84. The fourth-order valence-electron chi connectivity index (χ4n) is 2.80. The molecular weight excluding hydrogens is 358 g/mol. The second-order valence-electron chi connectivity index (χ2n) is 6.41. The Bertz CT molecular complexity index is 927. The number of nitrogens with one attached hydrogen (secondary N) is 2. The lowest BCUT2D eigenvalue weighted by Gasteiger charge is -2.09. The van der Waals surface area contributed by atoms with Crippen molar-refractivity contribution in [2.24, 2.45) is 0 Å². The molecule has 0 saturated carbocycles. The van der Waals surface area contributed by atoms with Crippen molar-refractivity contribution >= 4 is 23.2 Å². The van der Waals surface area contributed by atoms with Crippen LogP contribution < -0.4 is 10.6 Å². The number of pyridine rings is 1. The van der Waals surface area contributed by atoms with Crippen molar-refractivity contribution < 1.29 is 4.79 Å². The lowest BCUT2D eigenvalue weighted by Crippen LogP contribution is -2.24. The van der Waals surface area contributed by atoms with Crippen molar-refractivity contribution in [3.8, 4) is 0 Å². The highest BCUT2D eigenvalue weighted by atomic mass is 35.5. The number of anilines is 1. The minimum atomic E-state index is -0.185. The van der Waals surface area contributed by atoms with Crippen LogP contribution in [0.2, 0.25) is 5.02 Å². The molecule has 0 unspecified atom stereocenters. The molecule has 27 heavy (non-hydrogen) atoms. The van der Waals surface area contributed by atoms with Gasteiger partial charge in [-0.3, -0.25) is 9.78 Å². The number of carbonyl (C=O) groups is 1. The molecule has 2 N–H and O–H groups in total. The highest BCUT2D eigenvalue weighted by Gasteiger charge is 2.08. The quantitative estimate of drug-likeness (QED) is 0.629. The summed E-state index contributed by atoms with van der Waals surface area (Å²) in [5, 5.41) is 6.98. The third kappa shape index (κ3) is 5.83. The van der Waals surface area contributed by atoms with Crippen LogP contribution in [0.3, 0.4) is 0 Å². The number of rotatable bonds is 7. The van der Waals surface area contributed by atoms with Crippen LogP contribution in [-0.2, 0) is 13.0 Å². The molecule has 2 aromatic carbocycles. The van der Waals surface area contributed by atoms with Crippen molar-refractivity contribution in [3.63, 3.8) is 0 Å². The van der Waals surface area contributed by atoms with Gasteiger partial charge >= 0.3 is 0 Å². The molecule has 0 spiro atoms. The minimum absolute atomic E-state index is 0.185. The molecular formula is C22H22ClN3O. The molecule has 0 bridgehead atoms. The lowest BCUT2D eigenvalue weighted by atomic mass is 10.1. The number of hydrogen-bond acceptors (Lipinski definition) is 3. The van der Waals surface area contributed by atoms with Gasteiger partial charge in [0.2, 0.25) is 0 Å². The molecule has 0 atom stereocenters. The zero-order valence-corrected chi connectivity index (χ0v) is 16.0. The number of hydrogen-bond donors (Lipinski definition) is 2. The van der Waals surface area contributed by atoms with E-state index in [1.165, 1.54) is 11.1 Å². The maximum atomic E-state index is 12.4. The Morgan fingerprint density at radius 2 is 1.85 bits per heavy atom. The predicted octanol–water partition coefficient (Wildman–Crippen LogP) is 4.63. The standard InChI is InChI=1S/C22H22ClN3O/c1-16-4-2-6-18(12-16)15-26-22(27)21-14-20(9-11-25-21)24-10-8-17-5-3-7-19(23)13-17/h2-7,9,11-14H,8,10,15H2,1H3,(H,24,25)(H,26,27). The predicted molar refractivity (Wildman–Crippen MR) is 110 cm³/mol. The molecule has 0 aliphatic rings. The molecule has 1 amide bonds. The number of amides is 1. The molecule has 0 radical (unpaired) electrons. The Morgan fingerprint density at radius 3 is 2.67 bits per heavy atom. The van der Waals surface area contributed by atoms with E-state index in [0.29, 0.717) is 12.2 Å². The van der Waals surface area contributed by atoms with E-state index in [0.717, 1.165) is 29.2 Å². The van der Waals surface area contributed by atoms with Gasteiger partial charge in [0.15, 0.2) is 0 Å². The zero-order chi connectivity index (χ0) is 19.1. The first-order chi connectivity index (χ1) is 13.1. The molecule has 138 valence electrons. The van der Waals surface area contributed by atoms with E-state index in [4.69, 9.17) is 11.6 Å². The van der Waals surface area contributed by atoms with Crippen LogP contribution in [0.15, 0.2) is 66.9 Å². The molecule has 1 heterocycles. The van der Waals surface area contributed by atoms with Crippen LogP contribution in [0.5, 0.6) is 0 Å². The lowest BCUT2D eigenvalue weighted by molar-refractivity contribution is 0.0946. The topological polar surface area (TPSA) is 54.0 Å². The average molecular weight is 380 g/mol. The molecule has 3 aromatic rings. The highest BCUT2D eigenvalue weighted by molar-refractivity contribution is 6.30. The molecule has 4 nitrogen and oxygen atoms in total. The van der Waals surface area contributed by atoms with E-state index in [2.05, 4.69) is 21.7 Å². The zero-order valence-electron chi connectivity index (χ0n) is 15.2. The molecule has 0 fully saturated rings. The van der Waals surface area contributed by atoms with Gasteiger partial charge < -0.3 is 10.6 Å². The molecule has 5 heteroatoms. The molecule has 0 saturated heterocycles. The largest absolute Gasteiger partial charge is 0.385 e. The van der Waals surface area contributed by atoms with Crippen LogP contribution in [0.25, 0.3) is 0 Å². The van der Waals surface area contributed by atoms with Crippen LogP contribution in [-0.4, -0.2) is 17.4 Å². The Kier molecular flexibility index (Phi) is 6.44. The number of benzene rings is 2. The van der Waals surface area contributed by atoms with Gasteiger partial charge in [-0.25, -0.2) is 0 Å². The van der Waals surface area contributed by atoms with E-state index in [1.807, 2.05) is 55.5 Å². The van der Waals surface area contributed by atoms with Crippen LogP contribution >= 0.6 is 11.6 Å². The highest BCUT2D eigenvalue weighted by Crippen LogP contribution is 2.12. The van der Waals surface area contributed by atoms with Crippen molar-refractivity contribution in [2.75, 3.05) is 11.9 Å². The third-order valence-electron chi connectivity index (χ3n) is 4.16. The van der Waals surface area contributed by atoms with Gasteiger partial charge in [-0.15, -0.1) is 0 Å². The number of nitrogens with zero attached hydrogens (tertiary/aromatic N) is 1. The van der Waals surface area contributed by atoms with Gasteiger partial charge in [0.05, 0.1) is 0 Å². The smallest absolute Gasteiger partial charge is 0.270 e. The van der Waals surface area contributed by atoms with Crippen molar-refractivity contribution in [2.45, 2.75) is 19.9 Å².